The molecule has 4 rings (SSSR count). The Morgan fingerprint density at radius 1 is 1.25 bits per heavy atom. The second kappa shape index (κ2) is 4.24. The molecule has 2 heterocycles. The third-order valence-corrected chi connectivity index (χ3v) is 4.02. The van der Waals surface area contributed by atoms with Crippen LogP contribution in [0.1, 0.15) is 36.0 Å². The molecule has 1 saturated carbocycles. The summed E-state index contributed by atoms with van der Waals surface area (Å²) in [4.78, 5) is 0. The Labute approximate surface area is 115 Å². The van der Waals surface area contributed by atoms with Gasteiger partial charge >= 0.3 is 0 Å². The fourth-order valence-electron chi connectivity index (χ4n) is 2.82. The Hall–Kier alpha value is -2.01. The first-order chi connectivity index (χ1) is 9.75. The number of aliphatic hydroxyl groups is 1. The van der Waals surface area contributed by atoms with Gasteiger partial charge in [-0.25, -0.2) is 4.39 Å². The van der Waals surface area contributed by atoms with E-state index in [2.05, 4.69) is 10.6 Å². The first kappa shape index (κ1) is 11.8. The maximum atomic E-state index is 13.9. The molecule has 0 saturated heterocycles. The molecule has 4 nitrogen and oxygen atoms in total. The maximum Gasteiger partial charge on any atom is 0.170 e. The molecule has 1 aliphatic carbocycles. The molecule has 2 aliphatic rings. The topological polar surface area (TPSA) is 57.4 Å². The van der Waals surface area contributed by atoms with Gasteiger partial charge in [0.05, 0.1) is 6.26 Å². The number of aliphatic hydroxyl groups excluding tert-OH is 1. The molecular weight excluding hydrogens is 259 g/mol. The molecule has 0 amide bonds. The van der Waals surface area contributed by atoms with Gasteiger partial charge in [-0.15, -0.1) is 0 Å². The van der Waals surface area contributed by atoms with E-state index in [1.54, 1.807) is 24.7 Å². The van der Waals surface area contributed by atoms with Gasteiger partial charge < -0.3 is 20.2 Å². The Bertz CT molecular complexity index is 682. The van der Waals surface area contributed by atoms with Gasteiger partial charge in [0.2, 0.25) is 0 Å². The highest BCUT2D eigenvalue weighted by atomic mass is 19.1. The molecule has 1 atom stereocenters. The average molecular weight is 274 g/mol. The average Bonchev–Trinajstić information content (AvgIpc) is 2.99. The second-order valence-electron chi connectivity index (χ2n) is 5.40. The summed E-state index contributed by atoms with van der Waals surface area (Å²) in [5.41, 5.74) is 1.96. The van der Waals surface area contributed by atoms with Crippen molar-refractivity contribution in [3.8, 4) is 0 Å². The van der Waals surface area contributed by atoms with Crippen LogP contribution in [0, 0.1) is 5.82 Å². The van der Waals surface area contributed by atoms with Crippen molar-refractivity contribution in [3.63, 3.8) is 0 Å². The normalized spacial score (nSPS) is 20.1. The standard InChI is InChI=1S/C15H15FN2O2/c16-11-4-3-9(13(19)15-17-5-6-18-15)12-10(8-1-2-8)7-20-14(11)12/h3-8,13,15,17-19H,1-2H2. The number of hydrogen-bond acceptors (Lipinski definition) is 4. The van der Waals surface area contributed by atoms with Crippen molar-refractivity contribution >= 4 is 11.0 Å². The largest absolute Gasteiger partial charge is 0.461 e. The lowest BCUT2D eigenvalue weighted by Crippen LogP contribution is -2.37. The zero-order valence-corrected chi connectivity index (χ0v) is 10.8. The van der Waals surface area contributed by atoms with Crippen molar-refractivity contribution in [2.24, 2.45) is 0 Å². The van der Waals surface area contributed by atoms with Crippen molar-refractivity contribution in [1.29, 1.82) is 0 Å². The first-order valence-corrected chi connectivity index (χ1v) is 6.80. The zero-order valence-electron chi connectivity index (χ0n) is 10.8. The second-order valence-corrected chi connectivity index (χ2v) is 5.40. The highest BCUT2D eigenvalue weighted by Gasteiger charge is 2.32. The first-order valence-electron chi connectivity index (χ1n) is 6.80. The van der Waals surface area contributed by atoms with Gasteiger partial charge in [-0.3, -0.25) is 0 Å². The van der Waals surface area contributed by atoms with Gasteiger partial charge in [0.1, 0.15) is 12.3 Å². The number of rotatable bonds is 3. The Morgan fingerprint density at radius 3 is 2.70 bits per heavy atom. The SMILES string of the molecule is OC(c1ccc(F)c2occ(C3CC3)c12)C1NC=CN1. The molecule has 3 N–H and O–H groups in total. The predicted octanol–water partition coefficient (Wildman–Crippen LogP) is 2.47. The maximum absolute atomic E-state index is 13.9. The monoisotopic (exact) mass is 274 g/mol. The van der Waals surface area contributed by atoms with Crippen molar-refractivity contribution in [3.05, 3.63) is 47.7 Å². The van der Waals surface area contributed by atoms with Crippen LogP contribution in [0.5, 0.6) is 0 Å². The van der Waals surface area contributed by atoms with Crippen molar-refractivity contribution < 1.29 is 13.9 Å². The highest BCUT2D eigenvalue weighted by molar-refractivity contribution is 5.86. The molecule has 1 aromatic heterocycles. The summed E-state index contributed by atoms with van der Waals surface area (Å²) in [6.45, 7) is 0. The van der Waals surface area contributed by atoms with Crippen LogP contribution in [0.15, 0.2) is 35.2 Å². The molecule has 0 radical (unpaired) electrons. The molecule has 5 heteroatoms. The van der Waals surface area contributed by atoms with Crippen LogP contribution in [0.25, 0.3) is 11.0 Å². The van der Waals surface area contributed by atoms with E-state index in [1.807, 2.05) is 0 Å². The minimum absolute atomic E-state index is 0.245. The summed E-state index contributed by atoms with van der Waals surface area (Å²) in [5.74, 6) is 0.0555. The molecule has 2 aromatic rings. The van der Waals surface area contributed by atoms with E-state index in [1.165, 1.54) is 6.07 Å². The third kappa shape index (κ3) is 1.70. The van der Waals surface area contributed by atoms with Crippen LogP contribution in [0.2, 0.25) is 0 Å². The number of hydrogen-bond donors (Lipinski definition) is 3. The molecule has 104 valence electrons. The van der Waals surface area contributed by atoms with Crippen LogP contribution >= 0.6 is 0 Å². The summed E-state index contributed by atoms with van der Waals surface area (Å²) >= 11 is 0. The summed E-state index contributed by atoms with van der Waals surface area (Å²) in [6.07, 6.45) is 6.24. The third-order valence-electron chi connectivity index (χ3n) is 4.02. The highest BCUT2D eigenvalue weighted by Crippen LogP contribution is 2.46. The molecule has 1 aliphatic heterocycles. The molecule has 1 aromatic carbocycles. The smallest absolute Gasteiger partial charge is 0.170 e. The minimum atomic E-state index is -0.775. The van der Waals surface area contributed by atoms with Gasteiger partial charge in [-0.05, 0) is 30.4 Å². The van der Waals surface area contributed by atoms with Crippen molar-refractivity contribution in [2.75, 3.05) is 0 Å². The van der Waals surface area contributed by atoms with Gasteiger partial charge in [0.15, 0.2) is 11.4 Å². The van der Waals surface area contributed by atoms with Gasteiger partial charge in [-0.2, -0.15) is 0 Å². The predicted molar refractivity (Wildman–Crippen MR) is 72.3 cm³/mol. The Morgan fingerprint density at radius 2 is 2.00 bits per heavy atom. The van der Waals surface area contributed by atoms with Gasteiger partial charge in [0, 0.05) is 23.3 Å². The van der Waals surface area contributed by atoms with E-state index >= 15 is 0 Å². The lowest BCUT2D eigenvalue weighted by atomic mass is 9.98. The molecular formula is C15H15FN2O2. The zero-order chi connectivity index (χ0) is 13.7. The van der Waals surface area contributed by atoms with Crippen LogP contribution in [-0.4, -0.2) is 11.3 Å². The van der Waals surface area contributed by atoms with Gasteiger partial charge in [-0.1, -0.05) is 6.07 Å². The summed E-state index contributed by atoms with van der Waals surface area (Å²) < 4.78 is 19.3. The molecule has 1 unspecified atom stereocenters. The van der Waals surface area contributed by atoms with Crippen molar-refractivity contribution in [2.45, 2.75) is 31.0 Å². The lowest BCUT2D eigenvalue weighted by molar-refractivity contribution is 0.131. The molecule has 20 heavy (non-hydrogen) atoms. The number of nitrogens with one attached hydrogen (secondary N) is 2. The van der Waals surface area contributed by atoms with E-state index < -0.39 is 6.10 Å². The summed E-state index contributed by atoms with van der Waals surface area (Å²) in [6, 6.07) is 2.99. The quantitative estimate of drug-likeness (QED) is 0.805. The Balaban J connectivity index is 1.85. The molecule has 0 spiro atoms. The minimum Gasteiger partial charge on any atom is -0.461 e. The number of halogens is 1. The summed E-state index contributed by atoms with van der Waals surface area (Å²) in [7, 11) is 0. The van der Waals surface area contributed by atoms with E-state index in [-0.39, 0.29) is 17.6 Å². The molecule has 1 fully saturated rings. The Kier molecular flexibility index (Phi) is 2.50. The van der Waals surface area contributed by atoms with Crippen LogP contribution in [0.3, 0.4) is 0 Å². The van der Waals surface area contributed by atoms with E-state index in [0.717, 1.165) is 23.8 Å². The lowest BCUT2D eigenvalue weighted by Gasteiger charge is -2.21. The number of fused-ring (bicyclic) bond motifs is 1. The van der Waals surface area contributed by atoms with Gasteiger partial charge in [0.25, 0.3) is 0 Å². The fraction of sp³-hybridized carbons (Fsp3) is 0.333. The van der Waals surface area contributed by atoms with Crippen LogP contribution < -0.4 is 10.6 Å². The molecule has 0 bridgehead atoms. The van der Waals surface area contributed by atoms with Crippen molar-refractivity contribution in [1.82, 2.24) is 10.6 Å². The number of furan rings is 1. The fourth-order valence-corrected chi connectivity index (χ4v) is 2.82. The van der Waals surface area contributed by atoms with Crippen LogP contribution in [-0.2, 0) is 0 Å². The summed E-state index contributed by atoms with van der Waals surface area (Å²) in [5, 5.41) is 17.3. The number of benzene rings is 1. The van der Waals surface area contributed by atoms with E-state index in [9.17, 15) is 9.50 Å². The van der Waals surface area contributed by atoms with E-state index in [4.69, 9.17) is 4.42 Å². The van der Waals surface area contributed by atoms with Crippen LogP contribution in [0.4, 0.5) is 4.39 Å². The van der Waals surface area contributed by atoms with E-state index in [0.29, 0.717) is 11.5 Å².